The van der Waals surface area contributed by atoms with Gasteiger partial charge in [-0.2, -0.15) is 0 Å². The summed E-state index contributed by atoms with van der Waals surface area (Å²) in [4.78, 5) is 5.36. The minimum absolute atomic E-state index is 0.501. The molecule has 18 heavy (non-hydrogen) atoms. The molecule has 104 valence electrons. The average molecular weight is 251 g/mol. The maximum Gasteiger partial charge on any atom is 0.0309 e. The molecule has 3 rings (SSSR count). The van der Waals surface area contributed by atoms with Crippen LogP contribution in [0.3, 0.4) is 0 Å². The van der Waals surface area contributed by atoms with Gasteiger partial charge in [0.25, 0.3) is 0 Å². The molecule has 0 radical (unpaired) electrons. The summed E-state index contributed by atoms with van der Waals surface area (Å²) >= 11 is 0. The summed E-state index contributed by atoms with van der Waals surface area (Å²) in [6, 6.07) is 0. The van der Waals surface area contributed by atoms with Crippen molar-refractivity contribution in [3.63, 3.8) is 0 Å². The molecule has 1 N–H and O–H groups in total. The second kappa shape index (κ2) is 5.48. The standard InChI is InChI=1S/C15H29N3/c1-2-17-9-5-14(11-17)12-18-10-8-16-15(13-18)6-3-4-7-15/h14,16H,2-13H2,1H3. The zero-order chi connectivity index (χ0) is 12.4. The molecule has 1 spiro atoms. The van der Waals surface area contributed by atoms with Gasteiger partial charge in [-0.25, -0.2) is 0 Å². The summed E-state index contributed by atoms with van der Waals surface area (Å²) < 4.78 is 0. The smallest absolute Gasteiger partial charge is 0.0309 e. The molecule has 0 aromatic rings. The molecule has 1 unspecified atom stereocenters. The SMILES string of the molecule is CCN1CCC(CN2CCNC3(CCCC3)C2)C1. The van der Waals surface area contributed by atoms with E-state index >= 15 is 0 Å². The van der Waals surface area contributed by atoms with Crippen LogP contribution in [0.15, 0.2) is 0 Å². The minimum Gasteiger partial charge on any atom is -0.309 e. The third-order valence-corrected chi connectivity index (χ3v) is 5.35. The van der Waals surface area contributed by atoms with Gasteiger partial charge in [0.05, 0.1) is 0 Å². The van der Waals surface area contributed by atoms with Crippen molar-refractivity contribution in [3.05, 3.63) is 0 Å². The molecule has 1 saturated carbocycles. The maximum absolute atomic E-state index is 3.82. The first-order valence-electron chi connectivity index (χ1n) is 7.99. The van der Waals surface area contributed by atoms with E-state index in [1.54, 1.807) is 0 Å². The van der Waals surface area contributed by atoms with Crippen LogP contribution in [0, 0.1) is 5.92 Å². The van der Waals surface area contributed by atoms with Crippen LogP contribution in [0.4, 0.5) is 0 Å². The molecule has 1 atom stereocenters. The van der Waals surface area contributed by atoms with Crippen molar-refractivity contribution >= 4 is 0 Å². The largest absolute Gasteiger partial charge is 0.309 e. The lowest BCUT2D eigenvalue weighted by atomic mass is 9.94. The van der Waals surface area contributed by atoms with E-state index in [4.69, 9.17) is 0 Å². The van der Waals surface area contributed by atoms with E-state index < -0.39 is 0 Å². The lowest BCUT2D eigenvalue weighted by Crippen LogP contribution is -2.59. The Labute approximate surface area is 112 Å². The van der Waals surface area contributed by atoms with Crippen molar-refractivity contribution in [2.24, 2.45) is 5.92 Å². The third-order valence-electron chi connectivity index (χ3n) is 5.35. The average Bonchev–Trinajstić information content (AvgIpc) is 2.99. The molecule has 0 aromatic heterocycles. The molecule has 0 bridgehead atoms. The highest BCUT2D eigenvalue weighted by Gasteiger charge is 2.38. The molecule has 0 amide bonds. The molecule has 2 saturated heterocycles. The lowest BCUT2D eigenvalue weighted by Gasteiger charge is -2.42. The Morgan fingerprint density at radius 2 is 2.00 bits per heavy atom. The number of nitrogens with zero attached hydrogens (tertiary/aromatic N) is 2. The van der Waals surface area contributed by atoms with Crippen molar-refractivity contribution in [2.45, 2.75) is 44.6 Å². The topological polar surface area (TPSA) is 18.5 Å². The van der Waals surface area contributed by atoms with Gasteiger partial charge in [0, 0.05) is 38.3 Å². The fourth-order valence-corrected chi connectivity index (χ4v) is 4.30. The molecule has 0 aromatic carbocycles. The van der Waals surface area contributed by atoms with E-state index in [0.717, 1.165) is 5.92 Å². The monoisotopic (exact) mass is 251 g/mol. The molecule has 3 heteroatoms. The Kier molecular flexibility index (Phi) is 3.92. The van der Waals surface area contributed by atoms with Crippen LogP contribution in [0.2, 0.25) is 0 Å². The van der Waals surface area contributed by atoms with Crippen molar-refractivity contribution in [2.75, 3.05) is 45.8 Å². The first kappa shape index (κ1) is 12.9. The zero-order valence-electron chi connectivity index (χ0n) is 12.0. The number of piperazine rings is 1. The van der Waals surface area contributed by atoms with Crippen LogP contribution >= 0.6 is 0 Å². The van der Waals surface area contributed by atoms with Gasteiger partial charge in [-0.3, -0.25) is 4.90 Å². The summed E-state index contributed by atoms with van der Waals surface area (Å²) in [5, 5.41) is 3.82. The van der Waals surface area contributed by atoms with Gasteiger partial charge in [-0.05, 0) is 38.3 Å². The van der Waals surface area contributed by atoms with Crippen molar-refractivity contribution in [3.8, 4) is 0 Å². The van der Waals surface area contributed by atoms with Crippen LogP contribution in [-0.4, -0.2) is 61.2 Å². The Morgan fingerprint density at radius 3 is 2.72 bits per heavy atom. The Hall–Kier alpha value is -0.120. The highest BCUT2D eigenvalue weighted by Crippen LogP contribution is 2.32. The number of likely N-dealkylation sites (tertiary alicyclic amines) is 1. The predicted octanol–water partition coefficient (Wildman–Crippen LogP) is 1.55. The molecule has 3 nitrogen and oxygen atoms in total. The van der Waals surface area contributed by atoms with Crippen LogP contribution in [0.25, 0.3) is 0 Å². The van der Waals surface area contributed by atoms with Crippen LogP contribution < -0.4 is 5.32 Å². The van der Waals surface area contributed by atoms with Gasteiger partial charge < -0.3 is 10.2 Å². The molecule has 2 heterocycles. The fourth-order valence-electron chi connectivity index (χ4n) is 4.30. The second-order valence-electron chi connectivity index (χ2n) is 6.70. The number of rotatable bonds is 3. The molecular weight excluding hydrogens is 222 g/mol. The van der Waals surface area contributed by atoms with Crippen LogP contribution in [0.1, 0.15) is 39.0 Å². The van der Waals surface area contributed by atoms with Crippen molar-refractivity contribution in [1.29, 1.82) is 0 Å². The predicted molar refractivity (Wildman–Crippen MR) is 75.9 cm³/mol. The Bertz CT molecular complexity index is 273. The second-order valence-corrected chi connectivity index (χ2v) is 6.70. The summed E-state index contributed by atoms with van der Waals surface area (Å²) in [6.45, 7) is 11.3. The highest BCUT2D eigenvalue weighted by molar-refractivity contribution is 4.98. The molecule has 1 aliphatic carbocycles. The summed E-state index contributed by atoms with van der Waals surface area (Å²) in [6.07, 6.45) is 7.12. The zero-order valence-corrected chi connectivity index (χ0v) is 12.0. The highest BCUT2D eigenvalue weighted by atomic mass is 15.2. The van der Waals surface area contributed by atoms with Crippen molar-refractivity contribution < 1.29 is 0 Å². The fraction of sp³-hybridized carbons (Fsp3) is 1.00. The quantitative estimate of drug-likeness (QED) is 0.821. The maximum atomic E-state index is 3.82. The van der Waals surface area contributed by atoms with E-state index in [9.17, 15) is 0 Å². The first-order chi connectivity index (χ1) is 8.80. The van der Waals surface area contributed by atoms with E-state index in [1.165, 1.54) is 77.9 Å². The number of nitrogens with one attached hydrogen (secondary N) is 1. The van der Waals surface area contributed by atoms with Gasteiger partial charge in [0.2, 0.25) is 0 Å². The molecule has 2 aliphatic heterocycles. The summed E-state index contributed by atoms with van der Waals surface area (Å²) in [5.74, 6) is 0.932. The third kappa shape index (κ3) is 2.73. The van der Waals surface area contributed by atoms with Crippen LogP contribution in [-0.2, 0) is 0 Å². The van der Waals surface area contributed by atoms with Gasteiger partial charge >= 0.3 is 0 Å². The number of hydrogen-bond acceptors (Lipinski definition) is 3. The Balaban J connectivity index is 1.51. The normalized spacial score (nSPS) is 33.5. The lowest BCUT2D eigenvalue weighted by molar-refractivity contribution is 0.118. The molecular formula is C15H29N3. The van der Waals surface area contributed by atoms with E-state index in [0.29, 0.717) is 5.54 Å². The van der Waals surface area contributed by atoms with E-state index in [1.807, 2.05) is 0 Å². The summed E-state index contributed by atoms with van der Waals surface area (Å²) in [5.41, 5.74) is 0.501. The van der Waals surface area contributed by atoms with Gasteiger partial charge in [0.15, 0.2) is 0 Å². The van der Waals surface area contributed by atoms with Crippen molar-refractivity contribution in [1.82, 2.24) is 15.1 Å². The van der Waals surface area contributed by atoms with Crippen LogP contribution in [0.5, 0.6) is 0 Å². The van der Waals surface area contributed by atoms with Gasteiger partial charge in [-0.1, -0.05) is 19.8 Å². The summed E-state index contributed by atoms with van der Waals surface area (Å²) in [7, 11) is 0. The first-order valence-corrected chi connectivity index (χ1v) is 7.99. The molecule has 3 aliphatic rings. The van der Waals surface area contributed by atoms with Gasteiger partial charge in [0.1, 0.15) is 0 Å². The minimum atomic E-state index is 0.501. The molecule has 3 fully saturated rings. The van der Waals surface area contributed by atoms with E-state index in [2.05, 4.69) is 22.0 Å². The Morgan fingerprint density at radius 1 is 1.17 bits per heavy atom. The van der Waals surface area contributed by atoms with E-state index in [-0.39, 0.29) is 0 Å². The van der Waals surface area contributed by atoms with Gasteiger partial charge in [-0.15, -0.1) is 0 Å². The number of hydrogen-bond donors (Lipinski definition) is 1.